The van der Waals surface area contributed by atoms with Crippen molar-refractivity contribution in [3.8, 4) is 5.69 Å². The molecule has 0 saturated carbocycles. The van der Waals surface area contributed by atoms with E-state index in [-0.39, 0.29) is 0 Å². The summed E-state index contributed by atoms with van der Waals surface area (Å²) in [6.07, 6.45) is 0. The van der Waals surface area contributed by atoms with Crippen molar-refractivity contribution in [1.82, 2.24) is 15.1 Å². The summed E-state index contributed by atoms with van der Waals surface area (Å²) in [4.78, 5) is 0. The first-order chi connectivity index (χ1) is 7.70. The molecule has 5 heteroatoms. The summed E-state index contributed by atoms with van der Waals surface area (Å²) < 4.78 is 1.68. The molecule has 84 valence electrons. The zero-order valence-corrected chi connectivity index (χ0v) is 9.70. The lowest BCUT2D eigenvalue weighted by atomic mass is 10.3. The molecule has 0 amide bonds. The number of hydrogen-bond donors (Lipinski definition) is 2. The Hall–Kier alpha value is -1.52. The van der Waals surface area contributed by atoms with Crippen LogP contribution in [0.25, 0.3) is 5.69 Å². The van der Waals surface area contributed by atoms with E-state index >= 15 is 0 Å². The van der Waals surface area contributed by atoms with Crippen LogP contribution in [0.1, 0.15) is 5.69 Å². The Morgan fingerprint density at radius 3 is 2.94 bits per heavy atom. The zero-order valence-electron chi connectivity index (χ0n) is 8.94. The van der Waals surface area contributed by atoms with E-state index in [1.807, 2.05) is 37.4 Å². The van der Waals surface area contributed by atoms with Gasteiger partial charge in [-0.3, -0.25) is 0 Å². The lowest BCUT2D eigenvalue weighted by molar-refractivity contribution is 0.759. The lowest BCUT2D eigenvalue weighted by Crippen LogP contribution is -2.06. The quantitative estimate of drug-likeness (QED) is 0.855. The first kappa shape index (κ1) is 11.0. The second-order valence-electron chi connectivity index (χ2n) is 3.48. The Labute approximate surface area is 99.0 Å². The van der Waals surface area contributed by atoms with Gasteiger partial charge in [0.2, 0.25) is 0 Å². The van der Waals surface area contributed by atoms with Crippen LogP contribution in [0.3, 0.4) is 0 Å². The molecule has 0 aliphatic heterocycles. The number of halogens is 1. The smallest absolute Gasteiger partial charge is 0.127 e. The van der Waals surface area contributed by atoms with Crippen molar-refractivity contribution in [2.75, 3.05) is 12.8 Å². The molecule has 0 aliphatic carbocycles. The largest absolute Gasteiger partial charge is 0.384 e. The van der Waals surface area contributed by atoms with Crippen molar-refractivity contribution >= 4 is 17.4 Å². The maximum atomic E-state index is 5.92. The molecule has 1 aromatic carbocycles. The first-order valence-electron chi connectivity index (χ1n) is 4.95. The van der Waals surface area contributed by atoms with E-state index in [4.69, 9.17) is 17.3 Å². The summed E-state index contributed by atoms with van der Waals surface area (Å²) in [6.45, 7) is 0.692. The highest BCUT2D eigenvalue weighted by Crippen LogP contribution is 2.18. The van der Waals surface area contributed by atoms with Gasteiger partial charge in [0, 0.05) is 17.6 Å². The molecule has 0 fully saturated rings. The van der Waals surface area contributed by atoms with E-state index in [1.165, 1.54) is 0 Å². The Balaban J connectivity index is 2.40. The number of nitrogens with one attached hydrogen (secondary N) is 1. The summed E-state index contributed by atoms with van der Waals surface area (Å²) in [6, 6.07) is 9.28. The lowest BCUT2D eigenvalue weighted by Gasteiger charge is -2.03. The molecule has 0 atom stereocenters. The number of benzene rings is 1. The van der Waals surface area contributed by atoms with E-state index in [0.717, 1.165) is 11.4 Å². The zero-order chi connectivity index (χ0) is 11.5. The van der Waals surface area contributed by atoms with Gasteiger partial charge in [-0.15, -0.1) is 0 Å². The molecule has 0 unspecified atom stereocenters. The van der Waals surface area contributed by atoms with Crippen LogP contribution in [0, 0.1) is 0 Å². The molecule has 2 aromatic rings. The van der Waals surface area contributed by atoms with E-state index < -0.39 is 0 Å². The van der Waals surface area contributed by atoms with Gasteiger partial charge in [0.15, 0.2) is 0 Å². The minimum absolute atomic E-state index is 0.604. The van der Waals surface area contributed by atoms with Crippen LogP contribution >= 0.6 is 11.6 Å². The maximum absolute atomic E-state index is 5.92. The molecule has 1 aromatic heterocycles. The monoisotopic (exact) mass is 236 g/mol. The van der Waals surface area contributed by atoms with Crippen LogP contribution in [0.4, 0.5) is 5.82 Å². The Morgan fingerprint density at radius 2 is 2.25 bits per heavy atom. The summed E-state index contributed by atoms with van der Waals surface area (Å²) in [5.41, 5.74) is 7.65. The normalized spacial score (nSPS) is 10.6. The van der Waals surface area contributed by atoms with Gasteiger partial charge in [-0.05, 0) is 25.2 Å². The first-order valence-corrected chi connectivity index (χ1v) is 5.33. The predicted molar refractivity (Wildman–Crippen MR) is 65.8 cm³/mol. The highest BCUT2D eigenvalue weighted by Gasteiger charge is 2.06. The van der Waals surface area contributed by atoms with E-state index in [0.29, 0.717) is 17.4 Å². The van der Waals surface area contributed by atoms with Crippen molar-refractivity contribution < 1.29 is 0 Å². The van der Waals surface area contributed by atoms with Gasteiger partial charge < -0.3 is 11.1 Å². The van der Waals surface area contributed by atoms with E-state index in [2.05, 4.69) is 10.4 Å². The molecule has 4 nitrogen and oxygen atoms in total. The molecule has 0 radical (unpaired) electrons. The molecule has 2 rings (SSSR count). The van der Waals surface area contributed by atoms with Crippen molar-refractivity contribution in [3.05, 3.63) is 41.0 Å². The van der Waals surface area contributed by atoms with Crippen molar-refractivity contribution in [2.45, 2.75) is 6.54 Å². The molecule has 1 heterocycles. The molecule has 0 saturated heterocycles. The number of aromatic nitrogens is 2. The second kappa shape index (κ2) is 4.55. The molecular formula is C11H13ClN4. The van der Waals surface area contributed by atoms with Gasteiger partial charge in [0.05, 0.1) is 11.4 Å². The van der Waals surface area contributed by atoms with Crippen molar-refractivity contribution in [1.29, 1.82) is 0 Å². The molecule has 3 N–H and O–H groups in total. The van der Waals surface area contributed by atoms with E-state index in [9.17, 15) is 0 Å². The number of rotatable bonds is 3. The third kappa shape index (κ3) is 2.18. The van der Waals surface area contributed by atoms with Crippen LogP contribution in [-0.4, -0.2) is 16.8 Å². The second-order valence-corrected chi connectivity index (χ2v) is 3.92. The third-order valence-electron chi connectivity index (χ3n) is 2.20. The van der Waals surface area contributed by atoms with Crippen molar-refractivity contribution in [2.24, 2.45) is 0 Å². The Morgan fingerprint density at radius 1 is 1.44 bits per heavy atom. The fourth-order valence-electron chi connectivity index (χ4n) is 1.53. The summed E-state index contributed by atoms with van der Waals surface area (Å²) >= 11 is 5.92. The summed E-state index contributed by atoms with van der Waals surface area (Å²) in [5.74, 6) is 0.604. The Kier molecular flexibility index (Phi) is 3.12. The number of nitrogen functional groups attached to an aromatic ring is 1. The third-order valence-corrected chi connectivity index (χ3v) is 2.43. The van der Waals surface area contributed by atoms with Gasteiger partial charge in [0.25, 0.3) is 0 Å². The van der Waals surface area contributed by atoms with Crippen LogP contribution < -0.4 is 11.1 Å². The van der Waals surface area contributed by atoms with Crippen LogP contribution in [0.15, 0.2) is 30.3 Å². The minimum atomic E-state index is 0.604. The molecule has 0 bridgehead atoms. The number of hydrogen-bond acceptors (Lipinski definition) is 3. The molecule has 0 spiro atoms. The summed E-state index contributed by atoms with van der Waals surface area (Å²) in [5, 5.41) is 8.08. The van der Waals surface area contributed by atoms with Crippen LogP contribution in [-0.2, 0) is 6.54 Å². The van der Waals surface area contributed by atoms with Gasteiger partial charge in [-0.2, -0.15) is 5.10 Å². The van der Waals surface area contributed by atoms with Gasteiger partial charge in [-0.1, -0.05) is 17.7 Å². The highest BCUT2D eigenvalue weighted by atomic mass is 35.5. The SMILES string of the molecule is CNCc1cc(N)n(-c2cccc(Cl)c2)n1. The van der Waals surface area contributed by atoms with Gasteiger partial charge in [0.1, 0.15) is 5.82 Å². The number of nitrogens with zero attached hydrogens (tertiary/aromatic N) is 2. The molecule has 0 aliphatic rings. The average molecular weight is 237 g/mol. The minimum Gasteiger partial charge on any atom is -0.384 e. The standard InChI is InChI=1S/C11H13ClN4/c1-14-7-9-6-11(13)16(15-9)10-4-2-3-8(12)5-10/h2-6,14H,7,13H2,1H3. The molecule has 16 heavy (non-hydrogen) atoms. The van der Waals surface area contributed by atoms with Gasteiger partial charge in [-0.25, -0.2) is 4.68 Å². The summed E-state index contributed by atoms with van der Waals surface area (Å²) in [7, 11) is 1.87. The number of anilines is 1. The average Bonchev–Trinajstić information content (AvgIpc) is 2.60. The van der Waals surface area contributed by atoms with E-state index in [1.54, 1.807) is 4.68 Å². The van der Waals surface area contributed by atoms with Crippen molar-refractivity contribution in [3.63, 3.8) is 0 Å². The molecular weight excluding hydrogens is 224 g/mol. The maximum Gasteiger partial charge on any atom is 0.127 e. The van der Waals surface area contributed by atoms with Crippen LogP contribution in [0.2, 0.25) is 5.02 Å². The fourth-order valence-corrected chi connectivity index (χ4v) is 1.71. The predicted octanol–water partition coefficient (Wildman–Crippen LogP) is 1.83. The fraction of sp³-hybridized carbons (Fsp3) is 0.182. The Bertz CT molecular complexity index is 492. The van der Waals surface area contributed by atoms with Gasteiger partial charge >= 0.3 is 0 Å². The van der Waals surface area contributed by atoms with Crippen LogP contribution in [0.5, 0.6) is 0 Å². The number of nitrogens with two attached hydrogens (primary N) is 1. The topological polar surface area (TPSA) is 55.9 Å². The highest BCUT2D eigenvalue weighted by molar-refractivity contribution is 6.30.